The highest BCUT2D eigenvalue weighted by Gasteiger charge is 2.19. The summed E-state index contributed by atoms with van der Waals surface area (Å²) in [4.78, 5) is 25.8. The Morgan fingerprint density at radius 1 is 1.14 bits per heavy atom. The van der Waals surface area contributed by atoms with Gasteiger partial charge in [-0.3, -0.25) is 0 Å². The zero-order valence-corrected chi connectivity index (χ0v) is 22.1. The fourth-order valence-electron chi connectivity index (χ4n) is 4.26. The quantitative estimate of drug-likeness (QED) is 0.261. The first-order valence-corrected chi connectivity index (χ1v) is 11.8. The van der Waals surface area contributed by atoms with Crippen LogP contribution in [0.15, 0.2) is 48.8 Å². The molecule has 0 aliphatic carbocycles. The predicted molar refractivity (Wildman–Crippen MR) is 148 cm³/mol. The fourth-order valence-corrected chi connectivity index (χ4v) is 4.26. The molecule has 0 radical (unpaired) electrons. The van der Waals surface area contributed by atoms with E-state index in [2.05, 4.69) is 20.1 Å². The Kier molecular flexibility index (Phi) is 7.49. The first-order valence-electron chi connectivity index (χ1n) is 11.8. The molecule has 0 aliphatic heterocycles. The van der Waals surface area contributed by atoms with Crippen LogP contribution in [-0.2, 0) is 11.8 Å². The normalized spacial score (nSPS) is 11.1. The lowest BCUT2D eigenvalue weighted by molar-refractivity contribution is 0.0603. The van der Waals surface area contributed by atoms with Crippen LogP contribution in [0.4, 0.5) is 23.0 Å². The number of methoxy groups -OCH3 is 2. The summed E-state index contributed by atoms with van der Waals surface area (Å²) in [6, 6.07) is 11.1. The number of benzene rings is 2. The summed E-state index contributed by atoms with van der Waals surface area (Å²) in [6.45, 7) is 1.71. The largest absolute Gasteiger partial charge is 0.494 e. The van der Waals surface area contributed by atoms with E-state index in [-0.39, 0.29) is 0 Å². The van der Waals surface area contributed by atoms with Crippen molar-refractivity contribution in [3.8, 4) is 17.0 Å². The molecule has 0 unspecified atom stereocenters. The molecule has 0 saturated carbocycles. The minimum absolute atomic E-state index is 0.372. The van der Waals surface area contributed by atoms with Crippen LogP contribution in [0.3, 0.4) is 0 Å². The first-order chi connectivity index (χ1) is 17.7. The predicted octanol–water partition coefficient (Wildman–Crippen LogP) is 3.75. The zero-order valence-electron chi connectivity index (χ0n) is 22.1. The van der Waals surface area contributed by atoms with Crippen LogP contribution in [0.25, 0.3) is 22.2 Å². The van der Waals surface area contributed by atoms with Crippen molar-refractivity contribution in [1.82, 2.24) is 19.4 Å². The van der Waals surface area contributed by atoms with Crippen LogP contribution in [0.1, 0.15) is 10.4 Å². The van der Waals surface area contributed by atoms with Gasteiger partial charge in [0.1, 0.15) is 5.75 Å². The van der Waals surface area contributed by atoms with Gasteiger partial charge in [0.05, 0.1) is 42.5 Å². The summed E-state index contributed by atoms with van der Waals surface area (Å²) in [5, 5.41) is 4.01. The van der Waals surface area contributed by atoms with Crippen LogP contribution < -0.4 is 20.7 Å². The Morgan fingerprint density at radius 2 is 1.92 bits per heavy atom. The lowest BCUT2D eigenvalue weighted by Gasteiger charge is -2.24. The monoisotopic (exact) mass is 503 g/mol. The summed E-state index contributed by atoms with van der Waals surface area (Å²) < 4.78 is 12.6. The maximum Gasteiger partial charge on any atom is 0.338 e. The lowest BCUT2D eigenvalue weighted by atomic mass is 10.0. The van der Waals surface area contributed by atoms with Gasteiger partial charge in [0, 0.05) is 62.1 Å². The zero-order chi connectivity index (χ0) is 26.7. The smallest absolute Gasteiger partial charge is 0.338 e. The van der Waals surface area contributed by atoms with Crippen molar-refractivity contribution in [3.63, 3.8) is 0 Å². The van der Waals surface area contributed by atoms with Gasteiger partial charge in [-0.1, -0.05) is 6.07 Å². The number of nitrogen functional groups attached to an aromatic ring is 1. The van der Waals surface area contributed by atoms with Crippen molar-refractivity contribution in [1.29, 1.82) is 0 Å². The topological polar surface area (TPSA) is 111 Å². The summed E-state index contributed by atoms with van der Waals surface area (Å²) >= 11 is 0. The minimum Gasteiger partial charge on any atom is -0.494 e. The molecule has 0 saturated heterocycles. The molecule has 3 N–H and O–H groups in total. The molecule has 10 heteroatoms. The Bertz CT molecular complexity index is 1430. The molecule has 37 heavy (non-hydrogen) atoms. The average molecular weight is 504 g/mol. The number of nitrogens with two attached hydrogens (primary N) is 1. The number of esters is 1. The molecular formula is C27H33N7O3. The van der Waals surface area contributed by atoms with Crippen molar-refractivity contribution >= 4 is 39.9 Å². The molecule has 2 aromatic heterocycles. The highest BCUT2D eigenvalue weighted by Crippen LogP contribution is 2.37. The van der Waals surface area contributed by atoms with Crippen molar-refractivity contribution < 1.29 is 14.3 Å². The molecule has 0 spiro atoms. The second-order valence-corrected chi connectivity index (χ2v) is 9.07. The SMILES string of the molecule is COC(=O)c1cccc2c1c(-c1ccnc(Nc3cc(N)c(N(C)CCN(C)C)cc3OC)n1)cn2C. The number of nitrogens with one attached hydrogen (secondary N) is 1. The molecule has 0 bridgehead atoms. The molecule has 0 amide bonds. The van der Waals surface area contributed by atoms with Gasteiger partial charge < -0.3 is 34.9 Å². The Balaban J connectivity index is 1.70. The van der Waals surface area contributed by atoms with E-state index in [1.807, 2.05) is 69.3 Å². The number of hydrogen-bond donors (Lipinski definition) is 2. The van der Waals surface area contributed by atoms with Gasteiger partial charge in [-0.05, 0) is 38.4 Å². The minimum atomic E-state index is -0.402. The van der Waals surface area contributed by atoms with Crippen LogP contribution in [0.2, 0.25) is 0 Å². The molecule has 194 valence electrons. The number of rotatable bonds is 9. The van der Waals surface area contributed by atoms with Crippen LogP contribution >= 0.6 is 0 Å². The van der Waals surface area contributed by atoms with E-state index < -0.39 is 5.97 Å². The lowest BCUT2D eigenvalue weighted by Crippen LogP contribution is -2.29. The molecule has 10 nitrogen and oxygen atoms in total. The average Bonchev–Trinajstić information content (AvgIpc) is 3.23. The fraction of sp³-hybridized carbons (Fsp3) is 0.296. The molecular weight excluding hydrogens is 470 g/mol. The van der Waals surface area contributed by atoms with E-state index >= 15 is 0 Å². The molecule has 0 fully saturated rings. The number of carbonyl (C=O) groups is 1. The number of ether oxygens (including phenoxy) is 2. The highest BCUT2D eigenvalue weighted by molar-refractivity contribution is 6.10. The molecule has 0 aliphatic rings. The molecule has 4 rings (SSSR count). The van der Waals surface area contributed by atoms with E-state index in [1.165, 1.54) is 7.11 Å². The number of nitrogens with zero attached hydrogens (tertiary/aromatic N) is 5. The van der Waals surface area contributed by atoms with Crippen LogP contribution in [0.5, 0.6) is 5.75 Å². The number of fused-ring (bicyclic) bond motifs is 1. The number of aryl methyl sites for hydroxylation is 1. The van der Waals surface area contributed by atoms with Crippen molar-refractivity contribution in [3.05, 3.63) is 54.4 Å². The van der Waals surface area contributed by atoms with Crippen molar-refractivity contribution in [2.45, 2.75) is 0 Å². The van der Waals surface area contributed by atoms with Crippen molar-refractivity contribution in [2.75, 3.05) is 64.4 Å². The number of anilines is 4. The van der Waals surface area contributed by atoms with Gasteiger partial charge in [0.25, 0.3) is 0 Å². The molecule has 4 aromatic rings. The molecule has 2 heterocycles. The molecule has 0 atom stereocenters. The van der Waals surface area contributed by atoms with Gasteiger partial charge >= 0.3 is 5.97 Å². The summed E-state index contributed by atoms with van der Waals surface area (Å²) in [7, 11) is 11.0. The molecule has 2 aromatic carbocycles. The summed E-state index contributed by atoms with van der Waals surface area (Å²) in [6.07, 6.45) is 3.61. The van der Waals surface area contributed by atoms with Gasteiger partial charge in [-0.25, -0.2) is 14.8 Å². The van der Waals surface area contributed by atoms with E-state index in [4.69, 9.17) is 20.2 Å². The number of aromatic nitrogens is 3. The second-order valence-electron chi connectivity index (χ2n) is 9.07. The highest BCUT2D eigenvalue weighted by atomic mass is 16.5. The number of carbonyl (C=O) groups excluding carboxylic acids is 1. The third kappa shape index (κ3) is 5.29. The summed E-state index contributed by atoms with van der Waals surface area (Å²) in [5.41, 5.74) is 11.4. The maximum atomic E-state index is 12.5. The van der Waals surface area contributed by atoms with Gasteiger partial charge in [0.2, 0.25) is 5.95 Å². The third-order valence-corrected chi connectivity index (χ3v) is 6.24. The van der Waals surface area contributed by atoms with E-state index in [0.29, 0.717) is 34.3 Å². The Morgan fingerprint density at radius 3 is 2.62 bits per heavy atom. The van der Waals surface area contributed by atoms with Gasteiger partial charge in [0.15, 0.2) is 0 Å². The van der Waals surface area contributed by atoms with Gasteiger partial charge in [-0.2, -0.15) is 0 Å². The van der Waals surface area contributed by atoms with E-state index in [9.17, 15) is 4.79 Å². The Hall–Kier alpha value is -4.31. The second kappa shape index (κ2) is 10.8. The third-order valence-electron chi connectivity index (χ3n) is 6.24. The van der Waals surface area contributed by atoms with E-state index in [0.717, 1.165) is 35.2 Å². The standard InChI is InChI=1S/C27H33N7O3/c1-32(2)12-13-33(3)23-15-24(36-5)21(14-19(23)28)31-27-29-11-10-20(30-27)18-16-34(4)22-9-7-8-17(25(18)22)26(35)37-6/h7-11,14-16H,12-13,28H2,1-6H3,(H,29,30,31). The summed E-state index contributed by atoms with van der Waals surface area (Å²) in [5.74, 6) is 0.589. The first kappa shape index (κ1) is 25.8. The van der Waals surface area contributed by atoms with E-state index in [1.54, 1.807) is 19.4 Å². The maximum absolute atomic E-state index is 12.5. The number of hydrogen-bond acceptors (Lipinski definition) is 9. The van der Waals surface area contributed by atoms with Crippen LogP contribution in [0, 0.1) is 0 Å². The number of likely N-dealkylation sites (N-methyl/N-ethyl adjacent to an activating group) is 2. The Labute approximate surface area is 216 Å². The van der Waals surface area contributed by atoms with Crippen molar-refractivity contribution in [2.24, 2.45) is 7.05 Å². The van der Waals surface area contributed by atoms with Gasteiger partial charge in [-0.15, -0.1) is 0 Å². The van der Waals surface area contributed by atoms with Crippen LogP contribution in [-0.4, -0.2) is 73.9 Å².